The highest BCUT2D eigenvalue weighted by atomic mass is 35.5. The highest BCUT2D eigenvalue weighted by Gasteiger charge is 2.12. The van der Waals surface area contributed by atoms with Crippen molar-refractivity contribution in [1.29, 1.82) is 0 Å². The average molecular weight is 370 g/mol. The molecule has 0 aliphatic heterocycles. The van der Waals surface area contributed by atoms with Gasteiger partial charge in [-0.25, -0.2) is 9.97 Å². The highest BCUT2D eigenvalue weighted by Crippen LogP contribution is 2.34. The lowest BCUT2D eigenvalue weighted by atomic mass is 10.1. The zero-order valence-corrected chi connectivity index (χ0v) is 15.3. The van der Waals surface area contributed by atoms with Crippen LogP contribution in [0.4, 0.5) is 28.7 Å². The summed E-state index contributed by atoms with van der Waals surface area (Å²) in [6, 6.07) is 13.3. The normalized spacial score (nSPS) is 10.4. The Morgan fingerprint density at radius 2 is 1.73 bits per heavy atom. The average Bonchev–Trinajstić information content (AvgIpc) is 2.65. The van der Waals surface area contributed by atoms with Crippen molar-refractivity contribution in [3.8, 4) is 5.75 Å². The van der Waals surface area contributed by atoms with Crippen LogP contribution in [0.25, 0.3) is 0 Å². The lowest BCUT2D eigenvalue weighted by Gasteiger charge is -2.15. The fourth-order valence-corrected chi connectivity index (χ4v) is 2.75. The first-order valence-electron chi connectivity index (χ1n) is 8.18. The second-order valence-corrected chi connectivity index (χ2v) is 6.03. The van der Waals surface area contributed by atoms with Crippen LogP contribution in [0, 0.1) is 0 Å². The Labute approximate surface area is 157 Å². The molecule has 6 nitrogen and oxygen atoms in total. The molecule has 0 amide bonds. The molecule has 0 unspecified atom stereocenters. The van der Waals surface area contributed by atoms with E-state index in [-0.39, 0.29) is 0 Å². The molecule has 0 atom stereocenters. The number of para-hydroxylation sites is 1. The monoisotopic (exact) mass is 369 g/mol. The number of methoxy groups -OCH3 is 1. The number of nitrogen functional groups attached to an aromatic ring is 1. The van der Waals surface area contributed by atoms with Gasteiger partial charge in [0.15, 0.2) is 11.6 Å². The van der Waals surface area contributed by atoms with E-state index in [2.05, 4.69) is 33.6 Å². The number of anilines is 5. The summed E-state index contributed by atoms with van der Waals surface area (Å²) in [6.45, 7) is 2.10. The maximum atomic E-state index is 6.28. The van der Waals surface area contributed by atoms with Crippen LogP contribution in [0.2, 0.25) is 5.02 Å². The molecule has 1 aromatic heterocycles. The Bertz CT molecular complexity index is 916. The molecule has 26 heavy (non-hydrogen) atoms. The van der Waals surface area contributed by atoms with Crippen LogP contribution in [-0.2, 0) is 6.42 Å². The number of aromatic nitrogens is 2. The maximum Gasteiger partial charge on any atom is 0.159 e. The molecule has 0 aliphatic carbocycles. The third-order valence-electron chi connectivity index (χ3n) is 3.95. The minimum Gasteiger partial charge on any atom is -0.495 e. The lowest BCUT2D eigenvalue weighted by Crippen LogP contribution is -2.06. The Morgan fingerprint density at radius 3 is 2.42 bits per heavy atom. The number of aryl methyl sites for hydroxylation is 1. The first-order valence-corrected chi connectivity index (χ1v) is 8.56. The second-order valence-electron chi connectivity index (χ2n) is 5.59. The van der Waals surface area contributed by atoms with E-state index in [1.165, 1.54) is 11.9 Å². The Kier molecular flexibility index (Phi) is 5.43. The van der Waals surface area contributed by atoms with Gasteiger partial charge in [-0.3, -0.25) is 0 Å². The molecule has 2 aromatic carbocycles. The van der Waals surface area contributed by atoms with E-state index in [1.807, 2.05) is 18.2 Å². The third kappa shape index (κ3) is 3.81. The number of hydrogen-bond acceptors (Lipinski definition) is 6. The molecule has 0 radical (unpaired) electrons. The molecular weight excluding hydrogens is 350 g/mol. The molecule has 0 fully saturated rings. The molecule has 3 rings (SSSR count). The van der Waals surface area contributed by atoms with Gasteiger partial charge in [0.1, 0.15) is 17.8 Å². The van der Waals surface area contributed by atoms with Gasteiger partial charge >= 0.3 is 0 Å². The van der Waals surface area contributed by atoms with Crippen LogP contribution in [0.15, 0.2) is 48.8 Å². The molecule has 3 aromatic rings. The summed E-state index contributed by atoms with van der Waals surface area (Å²) in [7, 11) is 1.59. The molecule has 1 heterocycles. The van der Waals surface area contributed by atoms with Gasteiger partial charge < -0.3 is 21.1 Å². The number of hydrogen-bond donors (Lipinski definition) is 3. The van der Waals surface area contributed by atoms with Crippen LogP contribution >= 0.6 is 11.6 Å². The molecule has 7 heteroatoms. The Balaban J connectivity index is 1.92. The molecule has 0 saturated heterocycles. The van der Waals surface area contributed by atoms with Crippen LogP contribution < -0.4 is 21.1 Å². The van der Waals surface area contributed by atoms with Gasteiger partial charge in [-0.05, 0) is 36.2 Å². The van der Waals surface area contributed by atoms with Gasteiger partial charge in [0, 0.05) is 10.7 Å². The first-order chi connectivity index (χ1) is 12.6. The van der Waals surface area contributed by atoms with Crippen molar-refractivity contribution in [3.63, 3.8) is 0 Å². The van der Waals surface area contributed by atoms with Gasteiger partial charge in [0.05, 0.1) is 12.8 Å². The molecule has 0 saturated carbocycles. The molecular formula is C19H20ClN5O. The minimum absolute atomic E-state index is 0.403. The standard InChI is InChI=1S/C19H20ClN5O/c1-3-12-6-4-5-7-14(12)24-18-17(21)19(23-11-22-18)25-15-10-13(20)8-9-16(15)26-2/h4-11H,3,21H2,1-2H3,(H2,22,23,24,25). The first kappa shape index (κ1) is 17.8. The summed E-state index contributed by atoms with van der Waals surface area (Å²) in [5.41, 5.74) is 9.49. The van der Waals surface area contributed by atoms with E-state index in [0.29, 0.717) is 33.8 Å². The van der Waals surface area contributed by atoms with E-state index in [4.69, 9.17) is 22.1 Å². The van der Waals surface area contributed by atoms with Crippen molar-refractivity contribution >= 4 is 40.3 Å². The minimum atomic E-state index is 0.403. The van der Waals surface area contributed by atoms with Gasteiger partial charge in [-0.1, -0.05) is 36.7 Å². The van der Waals surface area contributed by atoms with Crippen molar-refractivity contribution in [2.24, 2.45) is 0 Å². The van der Waals surface area contributed by atoms with Gasteiger partial charge in [0.25, 0.3) is 0 Å². The quantitative estimate of drug-likeness (QED) is 0.580. The smallest absolute Gasteiger partial charge is 0.159 e. The van der Waals surface area contributed by atoms with Crippen molar-refractivity contribution in [2.75, 3.05) is 23.5 Å². The summed E-state index contributed by atoms with van der Waals surface area (Å²) in [6.07, 6.45) is 2.35. The lowest BCUT2D eigenvalue weighted by molar-refractivity contribution is 0.417. The summed E-state index contributed by atoms with van der Waals surface area (Å²) in [4.78, 5) is 8.50. The predicted molar refractivity (Wildman–Crippen MR) is 107 cm³/mol. The summed E-state index contributed by atoms with van der Waals surface area (Å²) in [5, 5.41) is 7.03. The second kappa shape index (κ2) is 7.93. The summed E-state index contributed by atoms with van der Waals surface area (Å²) in [5.74, 6) is 1.64. The summed E-state index contributed by atoms with van der Waals surface area (Å²) >= 11 is 6.08. The van der Waals surface area contributed by atoms with Crippen molar-refractivity contribution < 1.29 is 4.74 Å². The molecule has 4 N–H and O–H groups in total. The number of benzene rings is 2. The van der Waals surface area contributed by atoms with E-state index in [1.54, 1.807) is 25.3 Å². The highest BCUT2D eigenvalue weighted by molar-refractivity contribution is 6.31. The Hall–Kier alpha value is -2.99. The SMILES string of the molecule is CCc1ccccc1Nc1ncnc(Nc2cc(Cl)ccc2OC)c1N. The number of rotatable bonds is 6. The maximum absolute atomic E-state index is 6.28. The number of nitrogens with two attached hydrogens (primary N) is 1. The van der Waals surface area contributed by atoms with Crippen molar-refractivity contribution in [2.45, 2.75) is 13.3 Å². The van der Waals surface area contributed by atoms with Gasteiger partial charge in [-0.15, -0.1) is 0 Å². The summed E-state index contributed by atoms with van der Waals surface area (Å²) < 4.78 is 5.35. The van der Waals surface area contributed by atoms with Crippen LogP contribution in [0.3, 0.4) is 0 Å². The van der Waals surface area contributed by atoms with E-state index in [9.17, 15) is 0 Å². The predicted octanol–water partition coefficient (Wildman–Crippen LogP) is 4.77. The topological polar surface area (TPSA) is 85.1 Å². The molecule has 134 valence electrons. The van der Waals surface area contributed by atoms with Crippen LogP contribution in [-0.4, -0.2) is 17.1 Å². The molecule has 0 aliphatic rings. The Morgan fingerprint density at radius 1 is 1.04 bits per heavy atom. The molecule has 0 bridgehead atoms. The van der Waals surface area contributed by atoms with Crippen LogP contribution in [0.1, 0.15) is 12.5 Å². The molecule has 0 spiro atoms. The zero-order chi connectivity index (χ0) is 18.5. The van der Waals surface area contributed by atoms with Gasteiger partial charge in [-0.2, -0.15) is 0 Å². The number of ether oxygens (including phenoxy) is 1. The van der Waals surface area contributed by atoms with Crippen molar-refractivity contribution in [3.05, 3.63) is 59.4 Å². The number of nitrogens with zero attached hydrogens (tertiary/aromatic N) is 2. The number of halogens is 1. The van der Waals surface area contributed by atoms with E-state index < -0.39 is 0 Å². The largest absolute Gasteiger partial charge is 0.495 e. The van der Waals surface area contributed by atoms with E-state index in [0.717, 1.165) is 12.1 Å². The van der Waals surface area contributed by atoms with Crippen LogP contribution in [0.5, 0.6) is 5.75 Å². The fourth-order valence-electron chi connectivity index (χ4n) is 2.58. The zero-order valence-electron chi connectivity index (χ0n) is 14.6. The third-order valence-corrected chi connectivity index (χ3v) is 4.18. The van der Waals surface area contributed by atoms with Gasteiger partial charge in [0.2, 0.25) is 0 Å². The van der Waals surface area contributed by atoms with Crippen molar-refractivity contribution in [1.82, 2.24) is 9.97 Å². The number of nitrogens with one attached hydrogen (secondary N) is 2. The fraction of sp³-hybridized carbons (Fsp3) is 0.158. The van der Waals surface area contributed by atoms with E-state index >= 15 is 0 Å².